The zero-order valence-corrected chi connectivity index (χ0v) is 14.3. The van der Waals surface area contributed by atoms with Crippen LogP contribution in [0.25, 0.3) is 0 Å². The molecule has 0 radical (unpaired) electrons. The van der Waals surface area contributed by atoms with E-state index in [1.165, 1.54) is 25.0 Å². The number of piperidine rings is 1. The molecule has 1 saturated carbocycles. The van der Waals surface area contributed by atoms with Crippen LogP contribution in [0, 0.1) is 5.82 Å². The van der Waals surface area contributed by atoms with Crippen LogP contribution in [0.3, 0.4) is 0 Å². The summed E-state index contributed by atoms with van der Waals surface area (Å²) in [5.74, 6) is -0.154. The lowest BCUT2D eigenvalue weighted by molar-refractivity contribution is 0.197. The minimum absolute atomic E-state index is 0.324. The second kappa shape index (κ2) is 7.83. The van der Waals surface area contributed by atoms with E-state index in [-0.39, 0.29) is 5.75 Å². The first-order valence-electron chi connectivity index (χ1n) is 8.92. The first kappa shape index (κ1) is 17.0. The van der Waals surface area contributed by atoms with Gasteiger partial charge in [0.25, 0.3) is 0 Å². The van der Waals surface area contributed by atoms with Gasteiger partial charge < -0.3 is 20.6 Å². The number of halogens is 1. The summed E-state index contributed by atoms with van der Waals surface area (Å²) < 4.78 is 13.4. The fraction of sp³-hybridized carbons (Fsp3) is 0.611. The fourth-order valence-electron chi connectivity index (χ4n) is 3.18. The van der Waals surface area contributed by atoms with Gasteiger partial charge >= 0.3 is 0 Å². The number of nitrogens with zero attached hydrogens (tertiary/aromatic N) is 2. The van der Waals surface area contributed by atoms with Crippen LogP contribution in [0.2, 0.25) is 0 Å². The molecule has 1 heterocycles. The van der Waals surface area contributed by atoms with Crippen molar-refractivity contribution in [3.63, 3.8) is 0 Å². The van der Waals surface area contributed by atoms with Gasteiger partial charge in [-0.05, 0) is 50.3 Å². The summed E-state index contributed by atoms with van der Waals surface area (Å²) in [5.41, 5.74) is 0.742. The Morgan fingerprint density at radius 1 is 1.29 bits per heavy atom. The average Bonchev–Trinajstić information content (AvgIpc) is 3.42. The summed E-state index contributed by atoms with van der Waals surface area (Å²) in [4.78, 5) is 7.15. The zero-order valence-electron chi connectivity index (χ0n) is 14.3. The second-order valence-electron chi connectivity index (χ2n) is 6.67. The van der Waals surface area contributed by atoms with Crippen LogP contribution < -0.4 is 10.6 Å². The maximum atomic E-state index is 13.4. The van der Waals surface area contributed by atoms with Gasteiger partial charge in [0.1, 0.15) is 0 Å². The number of hydrogen-bond donors (Lipinski definition) is 3. The Morgan fingerprint density at radius 2 is 2.04 bits per heavy atom. The molecule has 2 aliphatic rings. The van der Waals surface area contributed by atoms with Crippen molar-refractivity contribution in [2.45, 2.75) is 51.2 Å². The van der Waals surface area contributed by atoms with E-state index in [1.54, 1.807) is 6.07 Å². The van der Waals surface area contributed by atoms with Gasteiger partial charge in [0.15, 0.2) is 17.5 Å². The molecule has 1 aromatic carbocycles. The second-order valence-corrected chi connectivity index (χ2v) is 6.67. The predicted octanol–water partition coefficient (Wildman–Crippen LogP) is 2.21. The first-order valence-corrected chi connectivity index (χ1v) is 8.92. The van der Waals surface area contributed by atoms with Gasteiger partial charge in [0, 0.05) is 31.7 Å². The van der Waals surface area contributed by atoms with E-state index < -0.39 is 5.82 Å². The molecule has 2 fully saturated rings. The lowest BCUT2D eigenvalue weighted by Crippen LogP contribution is -2.49. The number of phenolic OH excluding ortho intramolecular Hbond substituents is 1. The van der Waals surface area contributed by atoms with Crippen molar-refractivity contribution in [1.82, 2.24) is 15.5 Å². The SMILES string of the molecule is CCNC(=NCc1ccc(O)c(F)c1)NC1CCN(C2CC2)CC1. The smallest absolute Gasteiger partial charge is 0.191 e. The molecule has 0 aromatic heterocycles. The van der Waals surface area contributed by atoms with Crippen molar-refractivity contribution in [3.8, 4) is 5.75 Å². The standard InChI is InChI=1S/C18H27FN4O/c1-2-20-18(21-12-13-3-6-17(24)16(19)11-13)22-14-7-9-23(10-8-14)15-4-5-15/h3,6,11,14-15,24H,2,4-5,7-10,12H2,1H3,(H2,20,21,22). The number of hydrogen-bond acceptors (Lipinski definition) is 3. The Morgan fingerprint density at radius 3 is 2.67 bits per heavy atom. The molecule has 1 aliphatic carbocycles. The molecule has 3 rings (SSSR count). The highest BCUT2D eigenvalue weighted by atomic mass is 19.1. The highest BCUT2D eigenvalue weighted by Gasteiger charge is 2.31. The highest BCUT2D eigenvalue weighted by molar-refractivity contribution is 5.80. The molecule has 0 unspecified atom stereocenters. The molecule has 0 atom stereocenters. The largest absolute Gasteiger partial charge is 0.505 e. The summed E-state index contributed by atoms with van der Waals surface area (Å²) in [5, 5.41) is 16.0. The van der Waals surface area contributed by atoms with Crippen molar-refractivity contribution in [3.05, 3.63) is 29.6 Å². The minimum Gasteiger partial charge on any atom is -0.505 e. The summed E-state index contributed by atoms with van der Waals surface area (Å²) >= 11 is 0. The molecule has 0 amide bonds. The summed E-state index contributed by atoms with van der Waals surface area (Å²) in [7, 11) is 0. The Balaban J connectivity index is 1.54. The van der Waals surface area contributed by atoms with E-state index in [2.05, 4.69) is 20.5 Å². The Kier molecular flexibility index (Phi) is 5.56. The molecule has 1 aromatic rings. The Labute approximate surface area is 143 Å². The average molecular weight is 334 g/mol. The molecule has 3 N–H and O–H groups in total. The number of guanidine groups is 1. The van der Waals surface area contributed by atoms with E-state index in [0.29, 0.717) is 12.6 Å². The molecule has 6 heteroatoms. The third kappa shape index (κ3) is 4.60. The van der Waals surface area contributed by atoms with Gasteiger partial charge in [-0.25, -0.2) is 9.38 Å². The number of likely N-dealkylation sites (tertiary alicyclic amines) is 1. The van der Waals surface area contributed by atoms with Gasteiger partial charge in [0.2, 0.25) is 0 Å². The van der Waals surface area contributed by atoms with Crippen LogP contribution in [0.5, 0.6) is 5.75 Å². The van der Waals surface area contributed by atoms with Crippen LogP contribution >= 0.6 is 0 Å². The minimum atomic E-state index is -0.604. The van der Waals surface area contributed by atoms with Crippen molar-refractivity contribution in [2.24, 2.45) is 4.99 Å². The third-order valence-electron chi connectivity index (χ3n) is 4.71. The van der Waals surface area contributed by atoms with Gasteiger partial charge in [-0.2, -0.15) is 0 Å². The molecule has 1 saturated heterocycles. The van der Waals surface area contributed by atoms with Crippen LogP contribution in [0.15, 0.2) is 23.2 Å². The van der Waals surface area contributed by atoms with Gasteiger partial charge in [0.05, 0.1) is 6.54 Å². The van der Waals surface area contributed by atoms with E-state index in [4.69, 9.17) is 0 Å². The van der Waals surface area contributed by atoms with Crippen molar-refractivity contribution >= 4 is 5.96 Å². The predicted molar refractivity (Wildman–Crippen MR) is 93.6 cm³/mol. The quantitative estimate of drug-likeness (QED) is 0.571. The number of aliphatic imine (C=N–C) groups is 1. The summed E-state index contributed by atoms with van der Waals surface area (Å²) in [6, 6.07) is 5.68. The van der Waals surface area contributed by atoms with Crippen molar-refractivity contribution < 1.29 is 9.50 Å². The van der Waals surface area contributed by atoms with Gasteiger partial charge in [-0.15, -0.1) is 0 Å². The Hall–Kier alpha value is -1.82. The van der Waals surface area contributed by atoms with Crippen LogP contribution in [-0.2, 0) is 6.54 Å². The Bertz CT molecular complexity index is 580. The molecule has 0 spiro atoms. The first-order chi connectivity index (χ1) is 11.7. The number of phenols is 1. The van der Waals surface area contributed by atoms with Crippen LogP contribution in [0.4, 0.5) is 4.39 Å². The van der Waals surface area contributed by atoms with Crippen LogP contribution in [0.1, 0.15) is 38.2 Å². The van der Waals surface area contributed by atoms with E-state index in [9.17, 15) is 9.50 Å². The van der Waals surface area contributed by atoms with E-state index >= 15 is 0 Å². The number of aromatic hydroxyl groups is 1. The van der Waals surface area contributed by atoms with Gasteiger partial charge in [-0.3, -0.25) is 0 Å². The van der Waals surface area contributed by atoms with E-state index in [0.717, 1.165) is 50.0 Å². The summed E-state index contributed by atoms with van der Waals surface area (Å²) in [6.45, 7) is 5.52. The highest BCUT2D eigenvalue weighted by Crippen LogP contribution is 2.29. The van der Waals surface area contributed by atoms with E-state index in [1.807, 2.05) is 6.92 Å². The number of rotatable bonds is 5. The third-order valence-corrected chi connectivity index (χ3v) is 4.71. The fourth-order valence-corrected chi connectivity index (χ4v) is 3.18. The lowest BCUT2D eigenvalue weighted by atomic mass is 10.1. The molecule has 132 valence electrons. The number of benzene rings is 1. The summed E-state index contributed by atoms with van der Waals surface area (Å²) in [6.07, 6.45) is 5.00. The lowest BCUT2D eigenvalue weighted by Gasteiger charge is -2.33. The zero-order chi connectivity index (χ0) is 16.9. The van der Waals surface area contributed by atoms with Crippen molar-refractivity contribution in [2.75, 3.05) is 19.6 Å². The van der Waals surface area contributed by atoms with Crippen LogP contribution in [-0.4, -0.2) is 47.7 Å². The van der Waals surface area contributed by atoms with Gasteiger partial charge in [-0.1, -0.05) is 6.07 Å². The van der Waals surface area contributed by atoms with Crippen molar-refractivity contribution in [1.29, 1.82) is 0 Å². The monoisotopic (exact) mass is 334 g/mol. The topological polar surface area (TPSA) is 59.9 Å². The molecule has 1 aliphatic heterocycles. The molecule has 5 nitrogen and oxygen atoms in total. The molecular weight excluding hydrogens is 307 g/mol. The maximum Gasteiger partial charge on any atom is 0.191 e. The molecule has 0 bridgehead atoms. The normalized spacial score (nSPS) is 20.2. The molecular formula is C18H27FN4O. The molecule has 24 heavy (non-hydrogen) atoms. The maximum absolute atomic E-state index is 13.4. The number of nitrogens with one attached hydrogen (secondary N) is 2.